The van der Waals surface area contributed by atoms with Crippen LogP contribution in [0.2, 0.25) is 0 Å². The number of nitrogens with zero attached hydrogens (tertiary/aromatic N) is 2. The van der Waals surface area contributed by atoms with E-state index in [9.17, 15) is 4.79 Å². The van der Waals surface area contributed by atoms with Gasteiger partial charge >= 0.3 is 0 Å². The molecule has 27 heavy (non-hydrogen) atoms. The molecule has 0 aliphatic rings. The van der Waals surface area contributed by atoms with E-state index >= 15 is 0 Å². The minimum Gasteiger partial charge on any atom is -0.320 e. The average Bonchev–Trinajstić information content (AvgIpc) is 3.12. The number of nitrogens with one attached hydrogen (secondary N) is 1. The maximum absolute atomic E-state index is 12.3. The van der Waals surface area contributed by atoms with Crippen molar-refractivity contribution in [3.63, 3.8) is 0 Å². The molecular formula is C20H23ClN4OS. The lowest BCUT2D eigenvalue weighted by molar-refractivity contribution is -0.117. The van der Waals surface area contributed by atoms with Crippen LogP contribution in [0.4, 0.5) is 5.13 Å². The molecule has 7 heteroatoms. The highest BCUT2D eigenvalue weighted by Gasteiger charge is 2.28. The predicted octanol–water partition coefficient (Wildman–Crippen LogP) is 3.79. The summed E-state index contributed by atoms with van der Waals surface area (Å²) in [5.74, 6) is -0.255. The van der Waals surface area contributed by atoms with Gasteiger partial charge in [-0.25, -0.2) is 0 Å². The van der Waals surface area contributed by atoms with Crippen LogP contribution in [0.5, 0.6) is 0 Å². The second kappa shape index (κ2) is 9.08. The molecule has 1 atom stereocenters. The van der Waals surface area contributed by atoms with Gasteiger partial charge in [-0.05, 0) is 31.4 Å². The van der Waals surface area contributed by atoms with E-state index in [-0.39, 0.29) is 23.7 Å². The number of hydrogen-bond acceptors (Lipinski definition) is 5. The maximum atomic E-state index is 12.3. The molecule has 0 spiro atoms. The number of amides is 1. The van der Waals surface area contributed by atoms with Crippen molar-refractivity contribution in [2.75, 3.05) is 5.32 Å². The Labute approximate surface area is 169 Å². The summed E-state index contributed by atoms with van der Waals surface area (Å²) < 4.78 is 0. The molecule has 5 nitrogen and oxygen atoms in total. The Balaban J connectivity index is 0.00000261. The zero-order valence-corrected chi connectivity index (χ0v) is 16.9. The van der Waals surface area contributed by atoms with Crippen LogP contribution >= 0.6 is 23.7 Å². The molecular weight excluding hydrogens is 380 g/mol. The van der Waals surface area contributed by atoms with Crippen LogP contribution in [-0.4, -0.2) is 22.1 Å². The number of aromatic nitrogens is 2. The Morgan fingerprint density at radius 2 is 1.67 bits per heavy atom. The average molecular weight is 403 g/mol. The monoisotopic (exact) mass is 402 g/mol. The fourth-order valence-electron chi connectivity index (χ4n) is 2.66. The van der Waals surface area contributed by atoms with E-state index in [1.54, 1.807) is 0 Å². The normalized spacial score (nSPS) is 12.1. The lowest BCUT2D eigenvalue weighted by atomic mass is 9.85. The number of anilines is 1. The lowest BCUT2D eigenvalue weighted by Crippen LogP contribution is -2.37. The van der Waals surface area contributed by atoms with Crippen molar-refractivity contribution < 1.29 is 4.79 Å². The molecule has 0 fully saturated rings. The quantitative estimate of drug-likeness (QED) is 0.657. The van der Waals surface area contributed by atoms with Crippen LogP contribution < -0.4 is 11.1 Å². The van der Waals surface area contributed by atoms with Gasteiger partial charge in [0.05, 0.1) is 6.04 Å². The Morgan fingerprint density at radius 3 is 2.30 bits per heavy atom. The molecule has 0 saturated heterocycles. The van der Waals surface area contributed by atoms with Gasteiger partial charge in [-0.1, -0.05) is 72.0 Å². The molecule has 3 rings (SSSR count). The van der Waals surface area contributed by atoms with Gasteiger partial charge in [0.1, 0.15) is 5.01 Å². The van der Waals surface area contributed by atoms with Crippen LogP contribution in [0.1, 0.15) is 30.0 Å². The molecule has 0 saturated carbocycles. The molecule has 1 heterocycles. The number of benzene rings is 2. The highest BCUT2D eigenvalue weighted by Crippen LogP contribution is 2.34. The van der Waals surface area contributed by atoms with E-state index in [1.807, 2.05) is 48.5 Å². The third-order valence-corrected chi connectivity index (χ3v) is 5.48. The van der Waals surface area contributed by atoms with Gasteiger partial charge in [-0.2, -0.15) is 0 Å². The van der Waals surface area contributed by atoms with Gasteiger partial charge in [-0.3, -0.25) is 10.1 Å². The fourth-order valence-corrected chi connectivity index (χ4v) is 3.53. The number of carbonyl (C=O) groups excluding carboxylic acids is 1. The van der Waals surface area contributed by atoms with Crippen LogP contribution in [0.25, 0.3) is 0 Å². The van der Waals surface area contributed by atoms with Gasteiger partial charge in [0, 0.05) is 5.41 Å². The molecule has 2 aromatic carbocycles. The molecule has 0 bridgehead atoms. The van der Waals surface area contributed by atoms with Crippen molar-refractivity contribution >= 4 is 34.8 Å². The first-order valence-corrected chi connectivity index (χ1v) is 9.28. The molecule has 1 amide bonds. The SMILES string of the molecule is CC(C)(c1ccccc1)c1nnc(NC(=O)[C@@H](N)Cc2ccccc2)s1.Cl. The summed E-state index contributed by atoms with van der Waals surface area (Å²) in [7, 11) is 0. The van der Waals surface area contributed by atoms with Crippen molar-refractivity contribution in [3.05, 3.63) is 76.8 Å². The minimum atomic E-state index is -0.633. The Morgan fingerprint density at radius 1 is 1.07 bits per heavy atom. The number of halogens is 1. The van der Waals surface area contributed by atoms with Crippen molar-refractivity contribution in [2.45, 2.75) is 31.7 Å². The highest BCUT2D eigenvalue weighted by atomic mass is 35.5. The summed E-state index contributed by atoms with van der Waals surface area (Å²) >= 11 is 1.38. The van der Waals surface area contributed by atoms with Crippen molar-refractivity contribution in [1.29, 1.82) is 0 Å². The fraction of sp³-hybridized carbons (Fsp3) is 0.250. The molecule has 0 aliphatic heterocycles. The van der Waals surface area contributed by atoms with E-state index in [4.69, 9.17) is 5.73 Å². The second-order valence-corrected chi connectivity index (χ2v) is 7.67. The standard InChI is InChI=1S/C20H22N4OS.ClH/c1-20(2,15-11-7-4-8-12-15)18-23-24-19(26-18)22-17(25)16(21)13-14-9-5-3-6-10-14;/h3-12,16H,13,21H2,1-2H3,(H,22,24,25);1H/t16-;/m0./s1. The van der Waals surface area contributed by atoms with E-state index < -0.39 is 6.04 Å². The van der Waals surface area contributed by atoms with Gasteiger partial charge in [0.25, 0.3) is 0 Å². The van der Waals surface area contributed by atoms with Gasteiger partial charge in [-0.15, -0.1) is 22.6 Å². The lowest BCUT2D eigenvalue weighted by Gasteiger charge is -2.21. The first-order valence-electron chi connectivity index (χ1n) is 8.46. The second-order valence-electron chi connectivity index (χ2n) is 6.69. The first-order chi connectivity index (χ1) is 12.5. The summed E-state index contributed by atoms with van der Waals surface area (Å²) in [5.41, 5.74) is 7.92. The van der Waals surface area contributed by atoms with Gasteiger partial charge in [0.2, 0.25) is 11.0 Å². The topological polar surface area (TPSA) is 80.9 Å². The van der Waals surface area contributed by atoms with Crippen molar-refractivity contribution in [2.24, 2.45) is 5.73 Å². The Kier molecular flexibility index (Phi) is 7.07. The number of rotatable bonds is 6. The van der Waals surface area contributed by atoms with Crippen LogP contribution in [-0.2, 0) is 16.6 Å². The van der Waals surface area contributed by atoms with Gasteiger partial charge in [0.15, 0.2) is 0 Å². The third-order valence-electron chi connectivity index (χ3n) is 4.32. The van der Waals surface area contributed by atoms with E-state index in [0.29, 0.717) is 11.6 Å². The summed E-state index contributed by atoms with van der Waals surface area (Å²) in [6.07, 6.45) is 0.480. The van der Waals surface area contributed by atoms with Crippen molar-refractivity contribution in [1.82, 2.24) is 10.2 Å². The van der Waals surface area contributed by atoms with E-state index in [2.05, 4.69) is 41.5 Å². The highest BCUT2D eigenvalue weighted by molar-refractivity contribution is 7.15. The molecule has 142 valence electrons. The summed E-state index contributed by atoms with van der Waals surface area (Å²) in [5, 5.41) is 12.5. The summed E-state index contributed by atoms with van der Waals surface area (Å²) in [6.45, 7) is 4.19. The Bertz CT molecular complexity index is 868. The number of carbonyl (C=O) groups is 1. The minimum absolute atomic E-state index is 0. The molecule has 0 unspecified atom stereocenters. The van der Waals surface area contributed by atoms with Crippen LogP contribution in [0.15, 0.2) is 60.7 Å². The Hall–Kier alpha value is -2.28. The maximum Gasteiger partial charge on any atom is 0.243 e. The zero-order valence-electron chi connectivity index (χ0n) is 15.3. The number of hydrogen-bond donors (Lipinski definition) is 2. The summed E-state index contributed by atoms with van der Waals surface area (Å²) in [6, 6.07) is 19.2. The molecule has 0 radical (unpaired) electrons. The predicted molar refractivity (Wildman–Crippen MR) is 112 cm³/mol. The van der Waals surface area contributed by atoms with Crippen LogP contribution in [0.3, 0.4) is 0 Å². The van der Waals surface area contributed by atoms with Crippen LogP contribution in [0, 0.1) is 0 Å². The first kappa shape index (κ1) is 21.0. The van der Waals surface area contributed by atoms with E-state index in [1.165, 1.54) is 11.3 Å². The zero-order chi connectivity index (χ0) is 18.6. The number of nitrogens with two attached hydrogens (primary N) is 1. The smallest absolute Gasteiger partial charge is 0.243 e. The summed E-state index contributed by atoms with van der Waals surface area (Å²) in [4.78, 5) is 12.3. The van der Waals surface area contributed by atoms with Gasteiger partial charge < -0.3 is 5.73 Å². The molecule has 1 aromatic heterocycles. The molecule has 0 aliphatic carbocycles. The molecule has 3 N–H and O–H groups in total. The molecule has 3 aromatic rings. The largest absolute Gasteiger partial charge is 0.320 e. The van der Waals surface area contributed by atoms with Crippen molar-refractivity contribution in [3.8, 4) is 0 Å². The third kappa shape index (κ3) is 5.13. The van der Waals surface area contributed by atoms with E-state index in [0.717, 1.165) is 16.1 Å².